The Hall–Kier alpha value is -1.47. The van der Waals surface area contributed by atoms with E-state index in [0.29, 0.717) is 6.42 Å². The molecule has 2 aromatic heterocycles. The van der Waals surface area contributed by atoms with Crippen molar-refractivity contribution in [3.8, 4) is 6.07 Å². The zero-order valence-electron chi connectivity index (χ0n) is 7.82. The summed E-state index contributed by atoms with van der Waals surface area (Å²) in [6.07, 6.45) is 2.90. The third kappa shape index (κ3) is 1.47. The summed E-state index contributed by atoms with van der Waals surface area (Å²) in [5.74, 6) is 0. The summed E-state index contributed by atoms with van der Waals surface area (Å²) < 4.78 is 0. The molecule has 0 aromatic carbocycles. The van der Waals surface area contributed by atoms with Crippen molar-refractivity contribution < 1.29 is 0 Å². The molecular weight excluding hydrogens is 194 g/mol. The van der Waals surface area contributed by atoms with Gasteiger partial charge in [-0.2, -0.15) is 5.26 Å². The number of nitriles is 1. The minimum atomic E-state index is 0.360. The van der Waals surface area contributed by atoms with Crippen LogP contribution in [0.2, 0.25) is 0 Å². The van der Waals surface area contributed by atoms with E-state index < -0.39 is 0 Å². The van der Waals surface area contributed by atoms with Crippen LogP contribution in [0.1, 0.15) is 17.5 Å². The van der Waals surface area contributed by atoms with E-state index in [-0.39, 0.29) is 0 Å². The van der Waals surface area contributed by atoms with E-state index in [0.717, 1.165) is 22.3 Å². The maximum Gasteiger partial charge on any atom is 0.127 e. The molecule has 0 bridgehead atoms. The Morgan fingerprint density at radius 2 is 2.36 bits per heavy atom. The van der Waals surface area contributed by atoms with Crippen molar-refractivity contribution in [2.24, 2.45) is 0 Å². The highest BCUT2D eigenvalue weighted by Crippen LogP contribution is 2.25. The normalized spacial score (nSPS) is 10.3. The van der Waals surface area contributed by atoms with Crippen molar-refractivity contribution in [2.75, 3.05) is 0 Å². The molecule has 0 amide bonds. The van der Waals surface area contributed by atoms with Crippen LogP contribution in [0, 0.1) is 11.3 Å². The maximum atomic E-state index is 8.64. The predicted molar refractivity (Wildman–Crippen MR) is 56.1 cm³/mol. The van der Waals surface area contributed by atoms with Crippen molar-refractivity contribution in [3.63, 3.8) is 0 Å². The third-order valence-corrected chi connectivity index (χ3v) is 3.25. The number of nitrogens with zero attached hydrogens (tertiary/aromatic N) is 3. The summed E-state index contributed by atoms with van der Waals surface area (Å²) in [6, 6.07) is 4.21. The molecule has 0 atom stereocenters. The molecule has 2 heterocycles. The second-order valence-corrected chi connectivity index (χ2v) is 4.06. The first-order chi connectivity index (χ1) is 6.85. The lowest BCUT2D eigenvalue weighted by atomic mass is 10.2. The van der Waals surface area contributed by atoms with E-state index >= 15 is 0 Å². The first-order valence-corrected chi connectivity index (χ1v) is 5.26. The Labute approximate surface area is 86.0 Å². The first kappa shape index (κ1) is 9.10. The fraction of sp³-hybridized carbons (Fsp3) is 0.300. The van der Waals surface area contributed by atoms with Crippen LogP contribution in [0.15, 0.2) is 12.4 Å². The minimum Gasteiger partial charge on any atom is -0.240 e. The van der Waals surface area contributed by atoms with Crippen molar-refractivity contribution in [2.45, 2.75) is 19.8 Å². The van der Waals surface area contributed by atoms with Gasteiger partial charge in [0.1, 0.15) is 11.2 Å². The zero-order valence-corrected chi connectivity index (χ0v) is 8.64. The predicted octanol–water partition coefficient (Wildman–Crippen LogP) is 2.32. The standard InChI is InChI=1S/C10H9N3S/c1-2-7-5-8-9(3-4-11)12-6-13-10(8)14-7/h5-6H,2-3H2,1H3. The van der Waals surface area contributed by atoms with Crippen LogP contribution in [0.25, 0.3) is 10.2 Å². The summed E-state index contributed by atoms with van der Waals surface area (Å²) >= 11 is 1.68. The third-order valence-electron chi connectivity index (χ3n) is 2.06. The zero-order chi connectivity index (χ0) is 9.97. The molecule has 2 rings (SSSR count). The van der Waals surface area contributed by atoms with Gasteiger partial charge in [0.2, 0.25) is 0 Å². The first-order valence-electron chi connectivity index (χ1n) is 4.44. The van der Waals surface area contributed by atoms with Gasteiger partial charge < -0.3 is 0 Å². The van der Waals surface area contributed by atoms with Gasteiger partial charge in [0.25, 0.3) is 0 Å². The molecular formula is C10H9N3S. The molecule has 0 fully saturated rings. The highest BCUT2D eigenvalue weighted by Gasteiger charge is 2.06. The van der Waals surface area contributed by atoms with Crippen LogP contribution in [0.5, 0.6) is 0 Å². The second-order valence-electron chi connectivity index (χ2n) is 2.94. The van der Waals surface area contributed by atoms with Gasteiger partial charge in [-0.3, -0.25) is 0 Å². The van der Waals surface area contributed by atoms with E-state index in [2.05, 4.69) is 29.0 Å². The van der Waals surface area contributed by atoms with Gasteiger partial charge in [0.15, 0.2) is 0 Å². The molecule has 0 N–H and O–H groups in total. The number of thiophene rings is 1. The van der Waals surface area contributed by atoms with Crippen molar-refractivity contribution in [1.29, 1.82) is 5.26 Å². The molecule has 4 heteroatoms. The smallest absolute Gasteiger partial charge is 0.127 e. The molecule has 0 aliphatic rings. The SMILES string of the molecule is CCc1cc2c(CC#N)ncnc2s1. The van der Waals surface area contributed by atoms with Crippen molar-refractivity contribution >= 4 is 21.6 Å². The molecule has 0 aliphatic carbocycles. The van der Waals surface area contributed by atoms with Crippen LogP contribution >= 0.6 is 11.3 Å². The second kappa shape index (κ2) is 3.72. The summed E-state index contributed by atoms with van der Waals surface area (Å²) in [6.45, 7) is 2.11. The van der Waals surface area contributed by atoms with Crippen LogP contribution in [0.4, 0.5) is 0 Å². The highest BCUT2D eigenvalue weighted by molar-refractivity contribution is 7.18. The van der Waals surface area contributed by atoms with Gasteiger partial charge >= 0.3 is 0 Å². The lowest BCUT2D eigenvalue weighted by Gasteiger charge is -1.93. The molecule has 14 heavy (non-hydrogen) atoms. The number of hydrogen-bond donors (Lipinski definition) is 0. The van der Waals surface area contributed by atoms with Gasteiger partial charge in [-0.1, -0.05) is 6.92 Å². The number of aryl methyl sites for hydroxylation is 1. The van der Waals surface area contributed by atoms with Crippen molar-refractivity contribution in [1.82, 2.24) is 9.97 Å². The molecule has 0 spiro atoms. The van der Waals surface area contributed by atoms with Crippen LogP contribution in [-0.4, -0.2) is 9.97 Å². The maximum absolute atomic E-state index is 8.64. The summed E-state index contributed by atoms with van der Waals surface area (Å²) in [5, 5.41) is 9.67. The Kier molecular flexibility index (Phi) is 2.42. The van der Waals surface area contributed by atoms with E-state index in [1.165, 1.54) is 11.2 Å². The number of fused-ring (bicyclic) bond motifs is 1. The number of rotatable bonds is 2. The van der Waals surface area contributed by atoms with E-state index in [1.807, 2.05) is 0 Å². The molecule has 2 aromatic rings. The average Bonchev–Trinajstić information content (AvgIpc) is 2.62. The minimum absolute atomic E-state index is 0.360. The average molecular weight is 203 g/mol. The van der Waals surface area contributed by atoms with E-state index in [1.54, 1.807) is 11.3 Å². The Balaban J connectivity index is 2.62. The Bertz CT molecular complexity index is 496. The Morgan fingerprint density at radius 3 is 3.07 bits per heavy atom. The lowest BCUT2D eigenvalue weighted by Crippen LogP contribution is -1.88. The quantitative estimate of drug-likeness (QED) is 0.752. The van der Waals surface area contributed by atoms with Gasteiger partial charge in [-0.15, -0.1) is 11.3 Å². The molecule has 0 unspecified atom stereocenters. The van der Waals surface area contributed by atoms with Crippen LogP contribution in [-0.2, 0) is 12.8 Å². The fourth-order valence-electron chi connectivity index (χ4n) is 1.34. The fourth-order valence-corrected chi connectivity index (χ4v) is 2.30. The highest BCUT2D eigenvalue weighted by atomic mass is 32.1. The monoisotopic (exact) mass is 203 g/mol. The molecule has 0 saturated carbocycles. The molecule has 0 radical (unpaired) electrons. The number of hydrogen-bond acceptors (Lipinski definition) is 4. The van der Waals surface area contributed by atoms with Gasteiger partial charge in [0.05, 0.1) is 18.2 Å². The van der Waals surface area contributed by atoms with E-state index in [4.69, 9.17) is 5.26 Å². The topological polar surface area (TPSA) is 49.6 Å². The van der Waals surface area contributed by atoms with Crippen molar-refractivity contribution in [3.05, 3.63) is 23.0 Å². The van der Waals surface area contributed by atoms with E-state index in [9.17, 15) is 0 Å². The van der Waals surface area contributed by atoms with Crippen LogP contribution < -0.4 is 0 Å². The van der Waals surface area contributed by atoms with Gasteiger partial charge in [0, 0.05) is 10.3 Å². The largest absolute Gasteiger partial charge is 0.240 e. The lowest BCUT2D eigenvalue weighted by molar-refractivity contribution is 1.10. The molecule has 0 aliphatic heterocycles. The Morgan fingerprint density at radius 1 is 1.50 bits per heavy atom. The summed E-state index contributed by atoms with van der Waals surface area (Å²) in [7, 11) is 0. The van der Waals surface area contributed by atoms with Crippen LogP contribution in [0.3, 0.4) is 0 Å². The summed E-state index contributed by atoms with van der Waals surface area (Å²) in [5.41, 5.74) is 0.841. The van der Waals surface area contributed by atoms with Gasteiger partial charge in [-0.25, -0.2) is 9.97 Å². The number of aromatic nitrogens is 2. The molecule has 3 nitrogen and oxygen atoms in total. The van der Waals surface area contributed by atoms with Gasteiger partial charge in [-0.05, 0) is 12.5 Å². The molecule has 70 valence electrons. The molecule has 0 saturated heterocycles. The summed E-state index contributed by atoms with van der Waals surface area (Å²) in [4.78, 5) is 10.6.